The number of hydrogen-bond acceptors (Lipinski definition) is 6. The van der Waals surface area contributed by atoms with Gasteiger partial charge in [0.1, 0.15) is 23.7 Å². The maximum Gasteiger partial charge on any atom is 0.408 e. The number of hydrazine groups is 1. The zero-order valence-electron chi connectivity index (χ0n) is 18.6. The van der Waals surface area contributed by atoms with Crippen LogP contribution >= 0.6 is 0 Å². The van der Waals surface area contributed by atoms with Gasteiger partial charge in [-0.25, -0.2) is 24.3 Å². The molecule has 2 amide bonds. The largest absolute Gasteiger partial charge is 0.444 e. The summed E-state index contributed by atoms with van der Waals surface area (Å²) in [7, 11) is 0. The molecule has 0 spiro atoms. The van der Waals surface area contributed by atoms with E-state index in [0.717, 1.165) is 5.56 Å². The predicted molar refractivity (Wildman–Crippen MR) is 121 cm³/mol. The van der Waals surface area contributed by atoms with Crippen LogP contribution in [0.25, 0.3) is 22.4 Å². The summed E-state index contributed by atoms with van der Waals surface area (Å²) in [5.41, 5.74) is 5.23. The Balaban J connectivity index is 1.71. The molecule has 0 bridgehead atoms. The van der Waals surface area contributed by atoms with Gasteiger partial charge in [0, 0.05) is 24.5 Å². The van der Waals surface area contributed by atoms with Gasteiger partial charge in [0.25, 0.3) is 5.91 Å². The third kappa shape index (κ3) is 5.01. The lowest BCUT2D eigenvalue weighted by Crippen LogP contribution is -2.52. The smallest absolute Gasteiger partial charge is 0.408 e. The van der Waals surface area contributed by atoms with Crippen LogP contribution in [-0.4, -0.2) is 45.5 Å². The number of anilines is 1. The molecule has 0 atom stereocenters. The molecule has 0 saturated carbocycles. The number of alkyl carbamates (subject to hydrolysis) is 1. The van der Waals surface area contributed by atoms with E-state index in [0.29, 0.717) is 35.7 Å². The number of nitrogens with one attached hydrogen (secondary N) is 2. The number of aromatic nitrogens is 3. The fraction of sp³-hybridized carbons (Fsp3) is 0.304. The molecule has 0 unspecified atom stereocenters. The number of fused-ring (bicyclic) bond motifs is 1. The Morgan fingerprint density at radius 3 is 2.48 bits per heavy atom. The molecule has 9 nitrogen and oxygen atoms in total. The van der Waals surface area contributed by atoms with Crippen molar-refractivity contribution in [2.24, 2.45) is 0 Å². The number of carbonyl (C=O) groups is 2. The molecule has 10 heteroatoms. The van der Waals surface area contributed by atoms with Crippen molar-refractivity contribution >= 4 is 17.8 Å². The summed E-state index contributed by atoms with van der Waals surface area (Å²) in [4.78, 5) is 29.2. The Morgan fingerprint density at radius 2 is 1.82 bits per heavy atom. The lowest BCUT2D eigenvalue weighted by atomic mass is 10.0. The van der Waals surface area contributed by atoms with E-state index in [1.54, 1.807) is 50.0 Å². The molecule has 0 aliphatic carbocycles. The molecule has 33 heavy (non-hydrogen) atoms. The fourth-order valence-corrected chi connectivity index (χ4v) is 3.52. The Morgan fingerprint density at radius 1 is 1.12 bits per heavy atom. The van der Waals surface area contributed by atoms with Crippen molar-refractivity contribution in [2.75, 3.05) is 18.1 Å². The summed E-state index contributed by atoms with van der Waals surface area (Å²) >= 11 is 0. The van der Waals surface area contributed by atoms with E-state index >= 15 is 0 Å². The number of benzene rings is 1. The summed E-state index contributed by atoms with van der Waals surface area (Å²) < 4.78 is 20.5. The SMILES string of the molecule is CC(C)(C)OC(=O)NCC(=O)N1NCCn2nc(-c3ccc(F)cc3)c(-c3ccncc3)c21. The number of pyridine rings is 1. The lowest BCUT2D eigenvalue weighted by molar-refractivity contribution is -0.118. The number of hydrogen-bond donors (Lipinski definition) is 2. The highest BCUT2D eigenvalue weighted by Crippen LogP contribution is 2.40. The van der Waals surface area contributed by atoms with Crippen LogP contribution < -0.4 is 15.8 Å². The average Bonchev–Trinajstić information content (AvgIpc) is 3.17. The van der Waals surface area contributed by atoms with Gasteiger partial charge in [-0.05, 0) is 62.7 Å². The number of rotatable bonds is 4. The van der Waals surface area contributed by atoms with Crippen LogP contribution in [0.1, 0.15) is 20.8 Å². The van der Waals surface area contributed by atoms with Crippen LogP contribution in [-0.2, 0) is 16.1 Å². The molecule has 2 N–H and O–H groups in total. The van der Waals surface area contributed by atoms with Gasteiger partial charge in [0.05, 0.1) is 12.1 Å². The van der Waals surface area contributed by atoms with Gasteiger partial charge in [-0.15, -0.1) is 0 Å². The standard InChI is InChI=1S/C23H25FN6O3/c1-23(2,3)33-22(32)26-14-18(31)30-21-19(15-8-10-25-11-9-15)20(28-29(21)13-12-27-30)16-4-6-17(24)7-5-16/h4-11,27H,12-14H2,1-3H3,(H,26,32). The fourth-order valence-electron chi connectivity index (χ4n) is 3.52. The molecule has 3 aromatic rings. The van der Waals surface area contributed by atoms with Crippen LogP contribution in [0.3, 0.4) is 0 Å². The van der Waals surface area contributed by atoms with Crippen LogP contribution in [0.2, 0.25) is 0 Å². The highest BCUT2D eigenvalue weighted by Gasteiger charge is 2.31. The van der Waals surface area contributed by atoms with Gasteiger partial charge < -0.3 is 10.1 Å². The van der Waals surface area contributed by atoms with Gasteiger partial charge in [0.2, 0.25) is 0 Å². The van der Waals surface area contributed by atoms with E-state index in [-0.39, 0.29) is 18.3 Å². The maximum atomic E-state index is 13.5. The Kier molecular flexibility index (Phi) is 6.10. The van der Waals surface area contributed by atoms with Gasteiger partial charge >= 0.3 is 6.09 Å². The van der Waals surface area contributed by atoms with E-state index in [1.165, 1.54) is 17.1 Å². The number of nitrogens with zero attached hydrogens (tertiary/aromatic N) is 4. The minimum atomic E-state index is -0.678. The Bertz CT molecular complexity index is 1160. The van der Waals surface area contributed by atoms with Crippen molar-refractivity contribution in [2.45, 2.75) is 32.9 Å². The van der Waals surface area contributed by atoms with Crippen molar-refractivity contribution in [1.82, 2.24) is 25.5 Å². The second kappa shape index (κ2) is 8.99. The number of carbonyl (C=O) groups excluding carboxylic acids is 2. The van der Waals surface area contributed by atoms with Gasteiger partial charge in [-0.1, -0.05) is 0 Å². The third-order valence-corrected chi connectivity index (χ3v) is 4.85. The second-order valence-corrected chi connectivity index (χ2v) is 8.51. The highest BCUT2D eigenvalue weighted by molar-refractivity contribution is 6.01. The van der Waals surface area contributed by atoms with E-state index in [2.05, 4.69) is 15.7 Å². The molecular weight excluding hydrogens is 427 g/mol. The first-order chi connectivity index (χ1) is 15.7. The minimum Gasteiger partial charge on any atom is -0.444 e. The van der Waals surface area contributed by atoms with Crippen molar-refractivity contribution in [1.29, 1.82) is 0 Å². The molecule has 0 fully saturated rings. The van der Waals surface area contributed by atoms with Crippen molar-refractivity contribution in [3.63, 3.8) is 0 Å². The lowest BCUT2D eigenvalue weighted by Gasteiger charge is -2.29. The van der Waals surface area contributed by atoms with Crippen molar-refractivity contribution < 1.29 is 18.7 Å². The Hall–Kier alpha value is -3.79. The zero-order valence-corrected chi connectivity index (χ0v) is 18.6. The summed E-state index contributed by atoms with van der Waals surface area (Å²) in [6, 6.07) is 9.68. The van der Waals surface area contributed by atoms with E-state index in [4.69, 9.17) is 9.84 Å². The predicted octanol–water partition coefficient (Wildman–Crippen LogP) is 3.13. The van der Waals surface area contributed by atoms with E-state index < -0.39 is 11.7 Å². The Labute approximate surface area is 190 Å². The first-order valence-electron chi connectivity index (χ1n) is 10.5. The first kappa shape index (κ1) is 22.4. The number of ether oxygens (including phenoxy) is 1. The minimum absolute atomic E-state index is 0.269. The topological polar surface area (TPSA) is 101 Å². The quantitative estimate of drug-likeness (QED) is 0.631. The summed E-state index contributed by atoms with van der Waals surface area (Å²) in [6.07, 6.45) is 2.63. The summed E-state index contributed by atoms with van der Waals surface area (Å²) in [5.74, 6) is -0.203. The summed E-state index contributed by atoms with van der Waals surface area (Å²) in [5, 5.41) is 8.61. The molecule has 2 aromatic heterocycles. The van der Waals surface area contributed by atoms with Gasteiger partial charge in [-0.3, -0.25) is 9.78 Å². The highest BCUT2D eigenvalue weighted by atomic mass is 19.1. The van der Waals surface area contributed by atoms with Gasteiger partial charge in [0.15, 0.2) is 5.82 Å². The monoisotopic (exact) mass is 452 g/mol. The van der Waals surface area contributed by atoms with Crippen molar-refractivity contribution in [3.05, 3.63) is 54.6 Å². The maximum absolute atomic E-state index is 13.5. The van der Waals surface area contributed by atoms with Gasteiger partial charge in [-0.2, -0.15) is 5.10 Å². The molecular formula is C23H25FN6O3. The van der Waals surface area contributed by atoms with Crippen LogP contribution in [0.4, 0.5) is 15.0 Å². The molecule has 4 rings (SSSR count). The first-order valence-corrected chi connectivity index (χ1v) is 10.5. The second-order valence-electron chi connectivity index (χ2n) is 8.51. The number of halogens is 1. The van der Waals surface area contributed by atoms with Crippen LogP contribution in [0.5, 0.6) is 0 Å². The van der Waals surface area contributed by atoms with Crippen LogP contribution in [0.15, 0.2) is 48.8 Å². The molecule has 0 saturated heterocycles. The molecule has 172 valence electrons. The van der Waals surface area contributed by atoms with Crippen LogP contribution in [0, 0.1) is 5.82 Å². The number of amides is 2. The molecule has 1 aliphatic rings. The normalized spacial score (nSPS) is 13.4. The molecule has 1 aliphatic heterocycles. The molecule has 3 heterocycles. The average molecular weight is 452 g/mol. The molecule has 0 radical (unpaired) electrons. The van der Waals surface area contributed by atoms with E-state index in [9.17, 15) is 14.0 Å². The summed E-state index contributed by atoms with van der Waals surface area (Å²) in [6.45, 7) is 5.96. The third-order valence-electron chi connectivity index (χ3n) is 4.85. The molecule has 1 aromatic carbocycles. The zero-order chi connectivity index (χ0) is 23.6. The van der Waals surface area contributed by atoms with E-state index in [1.807, 2.05) is 12.1 Å². The van der Waals surface area contributed by atoms with Crippen molar-refractivity contribution in [3.8, 4) is 22.4 Å².